The van der Waals surface area contributed by atoms with E-state index in [1.54, 1.807) is 0 Å². The minimum Gasteiger partial charge on any atom is -0.486 e. The van der Waals surface area contributed by atoms with Crippen LogP contribution < -0.4 is 10.1 Å². The molecule has 1 unspecified atom stereocenters. The molecule has 0 bridgehead atoms. The van der Waals surface area contributed by atoms with Crippen molar-refractivity contribution in [3.8, 4) is 5.75 Å². The second kappa shape index (κ2) is 7.48. The van der Waals surface area contributed by atoms with Crippen molar-refractivity contribution in [3.63, 3.8) is 0 Å². The number of hydrogen-bond donors (Lipinski definition) is 1. The van der Waals surface area contributed by atoms with Crippen molar-refractivity contribution in [1.29, 1.82) is 0 Å². The molecule has 0 aromatic heterocycles. The summed E-state index contributed by atoms with van der Waals surface area (Å²) >= 11 is 6.10. The summed E-state index contributed by atoms with van der Waals surface area (Å²) in [6, 6.07) is 16.4. The molecule has 0 heterocycles. The second-order valence-corrected chi connectivity index (χ2v) is 5.89. The lowest BCUT2D eigenvalue weighted by Crippen LogP contribution is -2.22. The van der Waals surface area contributed by atoms with Gasteiger partial charge in [0.05, 0.1) is 0 Å². The van der Waals surface area contributed by atoms with E-state index < -0.39 is 0 Å². The number of rotatable bonds is 6. The highest BCUT2D eigenvalue weighted by Crippen LogP contribution is 2.27. The summed E-state index contributed by atoms with van der Waals surface area (Å²) in [4.78, 5) is 0. The first kappa shape index (κ1) is 15.9. The van der Waals surface area contributed by atoms with E-state index in [1.807, 2.05) is 36.4 Å². The zero-order valence-corrected chi connectivity index (χ0v) is 13.5. The maximum absolute atomic E-state index is 6.12. The first-order chi connectivity index (χ1) is 10.1. The van der Waals surface area contributed by atoms with Crippen LogP contribution >= 0.6 is 11.6 Å². The standard InChI is InChI=1S/C18H22ClNO/c1-13(2)20-12-16-11-17(19)9-10-18(16)21-14(3)15-7-5-4-6-8-15/h4-11,13-14,20H,12H2,1-3H3. The van der Waals surface area contributed by atoms with Crippen molar-refractivity contribution < 1.29 is 4.74 Å². The topological polar surface area (TPSA) is 21.3 Å². The highest BCUT2D eigenvalue weighted by atomic mass is 35.5. The molecule has 1 atom stereocenters. The zero-order chi connectivity index (χ0) is 15.2. The zero-order valence-electron chi connectivity index (χ0n) is 12.8. The molecule has 0 aliphatic rings. The van der Waals surface area contributed by atoms with Crippen molar-refractivity contribution in [2.45, 2.75) is 39.5 Å². The monoisotopic (exact) mass is 303 g/mol. The van der Waals surface area contributed by atoms with Gasteiger partial charge in [-0.2, -0.15) is 0 Å². The quantitative estimate of drug-likeness (QED) is 0.813. The van der Waals surface area contributed by atoms with Crippen LogP contribution in [0.15, 0.2) is 48.5 Å². The van der Waals surface area contributed by atoms with E-state index in [0.717, 1.165) is 28.4 Å². The van der Waals surface area contributed by atoms with Gasteiger partial charge in [0.15, 0.2) is 0 Å². The summed E-state index contributed by atoms with van der Waals surface area (Å²) in [7, 11) is 0. The van der Waals surface area contributed by atoms with Crippen molar-refractivity contribution in [3.05, 3.63) is 64.7 Å². The maximum atomic E-state index is 6.12. The van der Waals surface area contributed by atoms with E-state index in [4.69, 9.17) is 16.3 Å². The van der Waals surface area contributed by atoms with Gasteiger partial charge in [0.1, 0.15) is 11.9 Å². The Morgan fingerprint density at radius 1 is 1.05 bits per heavy atom. The SMILES string of the molecule is CC(C)NCc1cc(Cl)ccc1OC(C)c1ccccc1. The molecule has 1 N–H and O–H groups in total. The lowest BCUT2D eigenvalue weighted by molar-refractivity contribution is 0.224. The van der Waals surface area contributed by atoms with E-state index in [-0.39, 0.29) is 6.10 Å². The van der Waals surface area contributed by atoms with Crippen LogP contribution in [0.2, 0.25) is 5.02 Å². The minimum absolute atomic E-state index is 0.00479. The average Bonchev–Trinajstić information content (AvgIpc) is 2.48. The third kappa shape index (κ3) is 4.76. The highest BCUT2D eigenvalue weighted by molar-refractivity contribution is 6.30. The molecule has 0 amide bonds. The molecule has 0 saturated carbocycles. The molecule has 2 aromatic rings. The lowest BCUT2D eigenvalue weighted by atomic mass is 10.1. The molecule has 112 valence electrons. The van der Waals surface area contributed by atoms with Crippen LogP contribution in [0.4, 0.5) is 0 Å². The summed E-state index contributed by atoms with van der Waals surface area (Å²) in [5, 5.41) is 4.14. The Morgan fingerprint density at radius 3 is 2.43 bits per heavy atom. The number of ether oxygens (including phenoxy) is 1. The molecule has 0 aliphatic heterocycles. The van der Waals surface area contributed by atoms with Gasteiger partial charge in [-0.05, 0) is 30.7 Å². The molecule has 0 fully saturated rings. The van der Waals surface area contributed by atoms with Gasteiger partial charge in [0.25, 0.3) is 0 Å². The van der Waals surface area contributed by atoms with Crippen LogP contribution in [-0.2, 0) is 6.54 Å². The molecular weight excluding hydrogens is 282 g/mol. The fraction of sp³-hybridized carbons (Fsp3) is 0.333. The molecule has 0 aliphatic carbocycles. The molecule has 0 spiro atoms. The summed E-state index contributed by atoms with van der Waals surface area (Å²) in [5.74, 6) is 0.879. The van der Waals surface area contributed by atoms with Crippen molar-refractivity contribution in [2.24, 2.45) is 0 Å². The first-order valence-electron chi connectivity index (χ1n) is 7.29. The predicted molar refractivity (Wildman–Crippen MR) is 88.9 cm³/mol. The summed E-state index contributed by atoms with van der Waals surface area (Å²) in [6.07, 6.45) is 0.00479. The third-order valence-corrected chi connectivity index (χ3v) is 3.53. The number of benzene rings is 2. The normalized spacial score (nSPS) is 12.4. The first-order valence-corrected chi connectivity index (χ1v) is 7.67. The van der Waals surface area contributed by atoms with Crippen molar-refractivity contribution in [1.82, 2.24) is 5.32 Å². The Morgan fingerprint density at radius 2 is 1.76 bits per heavy atom. The van der Waals surface area contributed by atoms with Crippen LogP contribution in [0, 0.1) is 0 Å². The van der Waals surface area contributed by atoms with E-state index in [9.17, 15) is 0 Å². The van der Waals surface area contributed by atoms with Gasteiger partial charge in [-0.15, -0.1) is 0 Å². The summed E-state index contributed by atoms with van der Waals surface area (Å²) in [6.45, 7) is 7.05. The summed E-state index contributed by atoms with van der Waals surface area (Å²) in [5.41, 5.74) is 2.24. The summed E-state index contributed by atoms with van der Waals surface area (Å²) < 4.78 is 6.12. The Hall–Kier alpha value is -1.51. The largest absolute Gasteiger partial charge is 0.486 e. The van der Waals surface area contributed by atoms with Crippen LogP contribution in [0.25, 0.3) is 0 Å². The lowest BCUT2D eigenvalue weighted by Gasteiger charge is -2.19. The van der Waals surface area contributed by atoms with E-state index >= 15 is 0 Å². The number of nitrogens with one attached hydrogen (secondary N) is 1. The third-order valence-electron chi connectivity index (χ3n) is 3.30. The van der Waals surface area contributed by atoms with Crippen LogP contribution in [-0.4, -0.2) is 6.04 Å². The van der Waals surface area contributed by atoms with Gasteiger partial charge in [0, 0.05) is 23.2 Å². The van der Waals surface area contributed by atoms with E-state index in [2.05, 4.69) is 38.2 Å². The van der Waals surface area contributed by atoms with Crippen molar-refractivity contribution >= 4 is 11.6 Å². The molecule has 0 radical (unpaired) electrons. The molecular formula is C18H22ClNO. The second-order valence-electron chi connectivity index (χ2n) is 5.46. The maximum Gasteiger partial charge on any atom is 0.124 e. The Labute approximate surface area is 132 Å². The Kier molecular flexibility index (Phi) is 5.66. The highest BCUT2D eigenvalue weighted by Gasteiger charge is 2.11. The smallest absolute Gasteiger partial charge is 0.124 e. The van der Waals surface area contributed by atoms with Crippen LogP contribution in [0.5, 0.6) is 5.75 Å². The van der Waals surface area contributed by atoms with Gasteiger partial charge in [-0.25, -0.2) is 0 Å². The average molecular weight is 304 g/mol. The van der Waals surface area contributed by atoms with Gasteiger partial charge in [-0.3, -0.25) is 0 Å². The van der Waals surface area contributed by atoms with E-state index in [1.165, 1.54) is 0 Å². The van der Waals surface area contributed by atoms with Gasteiger partial charge >= 0.3 is 0 Å². The van der Waals surface area contributed by atoms with E-state index in [0.29, 0.717) is 6.04 Å². The number of hydrogen-bond acceptors (Lipinski definition) is 2. The fourth-order valence-electron chi connectivity index (χ4n) is 2.10. The molecule has 2 nitrogen and oxygen atoms in total. The van der Waals surface area contributed by atoms with Crippen LogP contribution in [0.1, 0.15) is 38.0 Å². The fourth-order valence-corrected chi connectivity index (χ4v) is 2.29. The minimum atomic E-state index is 0.00479. The molecule has 21 heavy (non-hydrogen) atoms. The Balaban J connectivity index is 2.15. The van der Waals surface area contributed by atoms with Crippen molar-refractivity contribution in [2.75, 3.05) is 0 Å². The predicted octanol–water partition coefficient (Wildman–Crippen LogP) is 4.98. The number of halogens is 1. The molecule has 0 saturated heterocycles. The molecule has 2 rings (SSSR count). The molecule has 3 heteroatoms. The van der Waals surface area contributed by atoms with Crippen LogP contribution in [0.3, 0.4) is 0 Å². The Bertz CT molecular complexity index is 569. The van der Waals surface area contributed by atoms with Gasteiger partial charge < -0.3 is 10.1 Å². The molecule has 2 aromatic carbocycles. The van der Waals surface area contributed by atoms with Gasteiger partial charge in [0.2, 0.25) is 0 Å². The van der Waals surface area contributed by atoms with Gasteiger partial charge in [-0.1, -0.05) is 55.8 Å².